The Hall–Kier alpha value is -0.820. The summed E-state index contributed by atoms with van der Waals surface area (Å²) in [5.74, 6) is 0.541. The van der Waals surface area contributed by atoms with Crippen LogP contribution in [-0.4, -0.2) is 10.7 Å². The zero-order valence-corrected chi connectivity index (χ0v) is 10.6. The molecule has 1 nitrogen and oxygen atoms in total. The molecular weight excluding hydrogens is 196 g/mol. The smallest absolute Gasteiger partial charge is 0.0713 e. The molecule has 1 atom stereocenters. The molecule has 2 rings (SSSR count). The van der Waals surface area contributed by atoms with Crippen LogP contribution < -0.4 is 0 Å². The molecule has 1 saturated carbocycles. The van der Waals surface area contributed by atoms with Crippen LogP contribution in [0, 0.1) is 19.8 Å². The van der Waals surface area contributed by atoms with E-state index in [0.717, 1.165) is 12.8 Å². The first-order valence-electron chi connectivity index (χ1n) is 6.33. The second-order valence-corrected chi connectivity index (χ2v) is 5.33. The van der Waals surface area contributed by atoms with Gasteiger partial charge < -0.3 is 5.11 Å². The lowest BCUT2D eigenvalue weighted by Crippen LogP contribution is -2.33. The first-order valence-corrected chi connectivity index (χ1v) is 6.33. The van der Waals surface area contributed by atoms with E-state index in [1.807, 2.05) is 0 Å². The van der Waals surface area contributed by atoms with E-state index in [4.69, 9.17) is 0 Å². The number of rotatable bonds is 4. The fourth-order valence-electron chi connectivity index (χ4n) is 2.45. The van der Waals surface area contributed by atoms with Crippen LogP contribution in [0.15, 0.2) is 18.2 Å². The predicted molar refractivity (Wildman–Crippen MR) is 67.6 cm³/mol. The van der Waals surface area contributed by atoms with E-state index in [1.165, 1.54) is 29.5 Å². The van der Waals surface area contributed by atoms with Crippen molar-refractivity contribution in [3.05, 3.63) is 34.9 Å². The highest BCUT2D eigenvalue weighted by atomic mass is 16.3. The lowest BCUT2D eigenvalue weighted by molar-refractivity contribution is 0.0139. The van der Waals surface area contributed by atoms with Gasteiger partial charge in [0.05, 0.1) is 5.60 Å². The maximum absolute atomic E-state index is 10.6. The van der Waals surface area contributed by atoms with Gasteiger partial charge in [-0.25, -0.2) is 0 Å². The highest BCUT2D eigenvalue weighted by Gasteiger charge is 2.42. The predicted octanol–water partition coefficient (Wildman–Crippen LogP) is 3.40. The third-order valence-corrected chi connectivity index (χ3v) is 4.03. The molecule has 1 aliphatic rings. The number of hydrogen-bond acceptors (Lipinski definition) is 1. The van der Waals surface area contributed by atoms with Crippen molar-refractivity contribution in [2.24, 2.45) is 5.92 Å². The molecule has 1 N–H and O–H groups in total. The van der Waals surface area contributed by atoms with Gasteiger partial charge in [0.1, 0.15) is 0 Å². The molecule has 1 unspecified atom stereocenters. The molecule has 1 aromatic rings. The van der Waals surface area contributed by atoms with E-state index in [2.05, 4.69) is 39.0 Å². The van der Waals surface area contributed by atoms with Gasteiger partial charge in [0.15, 0.2) is 0 Å². The Morgan fingerprint density at radius 3 is 2.44 bits per heavy atom. The number of aliphatic hydroxyl groups is 1. The van der Waals surface area contributed by atoms with Crippen LogP contribution in [0.2, 0.25) is 0 Å². The molecule has 0 amide bonds. The maximum Gasteiger partial charge on any atom is 0.0713 e. The van der Waals surface area contributed by atoms with Gasteiger partial charge in [-0.15, -0.1) is 0 Å². The van der Waals surface area contributed by atoms with Crippen molar-refractivity contribution < 1.29 is 5.11 Å². The van der Waals surface area contributed by atoms with Gasteiger partial charge in [-0.3, -0.25) is 0 Å². The van der Waals surface area contributed by atoms with E-state index >= 15 is 0 Å². The number of aryl methyl sites for hydroxylation is 2. The Balaban J connectivity index is 2.15. The summed E-state index contributed by atoms with van der Waals surface area (Å²) in [7, 11) is 0. The molecule has 0 spiro atoms. The highest BCUT2D eigenvalue weighted by Crippen LogP contribution is 2.43. The van der Waals surface area contributed by atoms with Gasteiger partial charge in [-0.1, -0.05) is 25.1 Å². The van der Waals surface area contributed by atoms with Crippen LogP contribution in [0.1, 0.15) is 42.9 Å². The second-order valence-electron chi connectivity index (χ2n) is 5.33. The van der Waals surface area contributed by atoms with E-state index in [-0.39, 0.29) is 0 Å². The minimum absolute atomic E-state index is 0.457. The molecule has 0 aliphatic heterocycles. The molecule has 0 radical (unpaired) electrons. The van der Waals surface area contributed by atoms with Gasteiger partial charge >= 0.3 is 0 Å². The lowest BCUT2D eigenvalue weighted by Gasteiger charge is -2.27. The molecule has 1 aromatic carbocycles. The van der Waals surface area contributed by atoms with E-state index in [9.17, 15) is 5.11 Å². The quantitative estimate of drug-likeness (QED) is 0.821. The van der Waals surface area contributed by atoms with Gasteiger partial charge in [0.25, 0.3) is 0 Å². The Bertz CT molecular complexity index is 379. The van der Waals surface area contributed by atoms with Crippen LogP contribution in [0.4, 0.5) is 0 Å². The van der Waals surface area contributed by atoms with Gasteiger partial charge in [0.2, 0.25) is 0 Å². The standard InChI is InChI=1S/C15H22O/c1-4-15(16,14-7-8-14)10-13-6-5-11(2)12(3)9-13/h5-6,9,14,16H,4,7-8,10H2,1-3H3. The number of benzene rings is 1. The first-order chi connectivity index (χ1) is 7.55. The Kier molecular flexibility index (Phi) is 3.07. The van der Waals surface area contributed by atoms with Crippen molar-refractivity contribution in [2.75, 3.05) is 0 Å². The SMILES string of the molecule is CCC(O)(Cc1ccc(C)c(C)c1)C1CC1. The van der Waals surface area contributed by atoms with E-state index < -0.39 is 5.60 Å². The van der Waals surface area contributed by atoms with Gasteiger partial charge in [-0.2, -0.15) is 0 Å². The summed E-state index contributed by atoms with van der Waals surface area (Å²) >= 11 is 0. The monoisotopic (exact) mass is 218 g/mol. The molecule has 16 heavy (non-hydrogen) atoms. The van der Waals surface area contributed by atoms with E-state index in [0.29, 0.717) is 5.92 Å². The molecule has 1 heteroatoms. The average Bonchev–Trinajstić information content (AvgIpc) is 3.07. The van der Waals surface area contributed by atoms with Crippen LogP contribution in [0.3, 0.4) is 0 Å². The molecule has 1 aliphatic carbocycles. The normalized spacial score (nSPS) is 19.5. The molecule has 0 aromatic heterocycles. The Morgan fingerprint density at radius 2 is 1.94 bits per heavy atom. The fourth-order valence-corrected chi connectivity index (χ4v) is 2.45. The minimum atomic E-state index is -0.457. The third-order valence-electron chi connectivity index (χ3n) is 4.03. The summed E-state index contributed by atoms with van der Waals surface area (Å²) in [5.41, 5.74) is 3.48. The summed E-state index contributed by atoms with van der Waals surface area (Å²) in [6.45, 7) is 6.37. The lowest BCUT2D eigenvalue weighted by atomic mass is 9.86. The molecule has 88 valence electrons. The largest absolute Gasteiger partial charge is 0.389 e. The zero-order valence-electron chi connectivity index (χ0n) is 10.6. The van der Waals surface area contributed by atoms with Crippen LogP contribution in [-0.2, 0) is 6.42 Å². The Morgan fingerprint density at radius 1 is 1.25 bits per heavy atom. The zero-order chi connectivity index (χ0) is 11.8. The molecule has 0 heterocycles. The molecule has 0 bridgehead atoms. The first kappa shape index (κ1) is 11.7. The van der Waals surface area contributed by atoms with Crippen molar-refractivity contribution in [1.29, 1.82) is 0 Å². The highest BCUT2D eigenvalue weighted by molar-refractivity contribution is 5.31. The molecule has 1 fully saturated rings. The summed E-state index contributed by atoms with van der Waals surface area (Å²) in [6, 6.07) is 6.54. The summed E-state index contributed by atoms with van der Waals surface area (Å²) in [4.78, 5) is 0. The van der Waals surface area contributed by atoms with Crippen LogP contribution in [0.25, 0.3) is 0 Å². The summed E-state index contributed by atoms with van der Waals surface area (Å²) < 4.78 is 0. The van der Waals surface area contributed by atoms with Crippen molar-refractivity contribution in [3.63, 3.8) is 0 Å². The summed E-state index contributed by atoms with van der Waals surface area (Å²) in [6.07, 6.45) is 4.09. The Labute approximate surface area is 98.5 Å². The van der Waals surface area contributed by atoms with Crippen molar-refractivity contribution in [1.82, 2.24) is 0 Å². The summed E-state index contributed by atoms with van der Waals surface area (Å²) in [5, 5.41) is 10.6. The third kappa shape index (κ3) is 2.30. The average molecular weight is 218 g/mol. The van der Waals surface area contributed by atoms with Crippen molar-refractivity contribution in [2.45, 2.75) is 52.1 Å². The molecule has 0 saturated heterocycles. The maximum atomic E-state index is 10.6. The van der Waals surface area contributed by atoms with Gasteiger partial charge in [0, 0.05) is 6.42 Å². The minimum Gasteiger partial charge on any atom is -0.389 e. The van der Waals surface area contributed by atoms with Crippen molar-refractivity contribution in [3.8, 4) is 0 Å². The number of hydrogen-bond donors (Lipinski definition) is 1. The molecular formula is C15H22O. The second kappa shape index (κ2) is 4.21. The van der Waals surface area contributed by atoms with Crippen molar-refractivity contribution >= 4 is 0 Å². The van der Waals surface area contributed by atoms with Gasteiger partial charge in [-0.05, 0) is 55.7 Å². The van der Waals surface area contributed by atoms with Crippen LogP contribution >= 0.6 is 0 Å². The van der Waals surface area contributed by atoms with Crippen LogP contribution in [0.5, 0.6) is 0 Å². The fraction of sp³-hybridized carbons (Fsp3) is 0.600. The topological polar surface area (TPSA) is 20.2 Å². The van der Waals surface area contributed by atoms with E-state index in [1.54, 1.807) is 0 Å².